The Bertz CT molecular complexity index is 766. The largest absolute Gasteiger partial charge is 0.497 e. The van der Waals surface area contributed by atoms with Crippen LogP contribution in [0, 0.1) is 11.3 Å². The van der Waals surface area contributed by atoms with Crippen molar-refractivity contribution in [1.82, 2.24) is 0 Å². The van der Waals surface area contributed by atoms with Crippen LogP contribution >= 0.6 is 11.8 Å². The highest BCUT2D eigenvalue weighted by molar-refractivity contribution is 8.03. The normalized spacial score (nSPS) is 19.0. The Balaban J connectivity index is 2.08. The Morgan fingerprint density at radius 3 is 2.54 bits per heavy atom. The molecule has 1 fully saturated rings. The number of para-hydroxylation sites is 1. The molecule has 3 rings (SSSR count). The smallest absolute Gasteiger partial charge is 0.118 e. The van der Waals surface area contributed by atoms with Crippen molar-refractivity contribution in [1.29, 1.82) is 5.26 Å². The number of hydrogen-bond acceptors (Lipinski definition) is 5. The molecular weight excluding hydrogens is 320 g/mol. The third kappa shape index (κ3) is 3.12. The summed E-state index contributed by atoms with van der Waals surface area (Å²) in [5.41, 5.74) is 2.44. The van der Waals surface area contributed by atoms with E-state index in [-0.39, 0.29) is 12.6 Å². The van der Waals surface area contributed by atoms with E-state index in [1.807, 2.05) is 54.6 Å². The summed E-state index contributed by atoms with van der Waals surface area (Å²) in [6, 6.07) is 19.7. The number of allylic oxidation sites excluding steroid dienone is 1. The van der Waals surface area contributed by atoms with Crippen molar-refractivity contribution in [2.24, 2.45) is 0 Å². The van der Waals surface area contributed by atoms with Crippen molar-refractivity contribution >= 4 is 23.0 Å². The number of aliphatic hydroxyl groups excluding tert-OH is 1. The summed E-state index contributed by atoms with van der Waals surface area (Å²) in [5.74, 6) is 1.51. The number of ether oxygens (including phenoxy) is 1. The molecule has 122 valence electrons. The van der Waals surface area contributed by atoms with Gasteiger partial charge in [0.15, 0.2) is 0 Å². The van der Waals surface area contributed by atoms with Crippen molar-refractivity contribution in [3.05, 3.63) is 65.2 Å². The molecule has 0 bridgehead atoms. The van der Waals surface area contributed by atoms with E-state index in [0.29, 0.717) is 5.57 Å². The first-order valence-electron chi connectivity index (χ1n) is 7.65. The van der Waals surface area contributed by atoms with Gasteiger partial charge in [-0.2, -0.15) is 5.26 Å². The second kappa shape index (κ2) is 7.43. The molecule has 0 amide bonds. The highest BCUT2D eigenvalue weighted by Gasteiger charge is 2.32. The predicted octanol–water partition coefficient (Wildman–Crippen LogP) is 3.50. The van der Waals surface area contributed by atoms with Crippen LogP contribution in [0.5, 0.6) is 5.75 Å². The quantitative estimate of drug-likeness (QED) is 0.865. The molecule has 0 radical (unpaired) electrons. The zero-order valence-electron chi connectivity index (χ0n) is 13.3. The van der Waals surface area contributed by atoms with Crippen molar-refractivity contribution in [3.63, 3.8) is 0 Å². The minimum Gasteiger partial charge on any atom is -0.497 e. The Morgan fingerprint density at radius 1 is 1.25 bits per heavy atom. The van der Waals surface area contributed by atoms with Gasteiger partial charge in [0.25, 0.3) is 0 Å². The molecule has 5 heteroatoms. The summed E-state index contributed by atoms with van der Waals surface area (Å²) in [7, 11) is 1.62. The highest BCUT2D eigenvalue weighted by Crippen LogP contribution is 2.41. The van der Waals surface area contributed by atoms with Crippen LogP contribution in [0.1, 0.15) is 5.56 Å². The molecule has 1 aliphatic heterocycles. The van der Waals surface area contributed by atoms with E-state index in [4.69, 9.17) is 4.74 Å². The van der Waals surface area contributed by atoms with Gasteiger partial charge in [-0.1, -0.05) is 18.2 Å². The van der Waals surface area contributed by atoms with Gasteiger partial charge in [-0.25, -0.2) is 0 Å². The summed E-state index contributed by atoms with van der Waals surface area (Å²) >= 11 is 1.61. The Hall–Kier alpha value is -2.42. The summed E-state index contributed by atoms with van der Waals surface area (Å²) < 4.78 is 5.19. The van der Waals surface area contributed by atoms with Crippen LogP contribution in [0.2, 0.25) is 0 Å². The van der Waals surface area contributed by atoms with Crippen LogP contribution in [0.15, 0.2) is 59.6 Å². The maximum atomic E-state index is 9.75. The third-order valence-electron chi connectivity index (χ3n) is 3.95. The van der Waals surface area contributed by atoms with E-state index >= 15 is 0 Å². The number of nitrogens with zero attached hydrogens (tertiary/aromatic N) is 2. The topological polar surface area (TPSA) is 56.5 Å². The summed E-state index contributed by atoms with van der Waals surface area (Å²) in [4.78, 5) is 2.06. The van der Waals surface area contributed by atoms with Gasteiger partial charge in [-0.05, 0) is 42.0 Å². The van der Waals surface area contributed by atoms with E-state index in [0.717, 1.165) is 27.8 Å². The summed E-state index contributed by atoms with van der Waals surface area (Å²) in [5, 5.41) is 20.4. The highest BCUT2D eigenvalue weighted by atomic mass is 32.2. The molecule has 1 atom stereocenters. The number of nitriles is 1. The molecule has 1 heterocycles. The fraction of sp³-hybridized carbons (Fsp3) is 0.211. The van der Waals surface area contributed by atoms with E-state index in [2.05, 4.69) is 11.0 Å². The number of anilines is 1. The van der Waals surface area contributed by atoms with Gasteiger partial charge >= 0.3 is 0 Å². The number of aliphatic hydroxyl groups is 1. The maximum absolute atomic E-state index is 9.75. The molecule has 1 N–H and O–H groups in total. The Morgan fingerprint density at radius 2 is 1.96 bits per heavy atom. The molecule has 1 saturated heterocycles. The molecule has 0 saturated carbocycles. The predicted molar refractivity (Wildman–Crippen MR) is 97.8 cm³/mol. The molecular formula is C19H18N2O2S. The molecule has 2 aromatic rings. The van der Waals surface area contributed by atoms with Gasteiger partial charge in [0.2, 0.25) is 0 Å². The van der Waals surface area contributed by atoms with Crippen molar-refractivity contribution < 1.29 is 9.84 Å². The Kier molecular flexibility index (Phi) is 5.09. The van der Waals surface area contributed by atoms with Crippen LogP contribution in [0.25, 0.3) is 5.57 Å². The van der Waals surface area contributed by atoms with Crippen molar-refractivity contribution in [2.45, 2.75) is 6.04 Å². The van der Waals surface area contributed by atoms with Crippen LogP contribution in [-0.2, 0) is 0 Å². The number of hydrogen-bond donors (Lipinski definition) is 1. The van der Waals surface area contributed by atoms with Gasteiger partial charge < -0.3 is 14.7 Å². The minimum absolute atomic E-state index is 0.0333. The lowest BCUT2D eigenvalue weighted by atomic mass is 10.1. The first-order valence-corrected chi connectivity index (χ1v) is 8.63. The standard InChI is InChI=1S/C19H18N2O2S/c1-23-17-9-7-14(8-10-17)18(11-20)19-21(16(12-22)13-24-19)15-5-3-2-4-6-15/h2-10,16,22H,12-13H2,1H3/b19-18-. The lowest BCUT2D eigenvalue weighted by molar-refractivity contribution is 0.275. The number of methoxy groups -OCH3 is 1. The van der Waals surface area contributed by atoms with Gasteiger partial charge in [0.1, 0.15) is 11.8 Å². The fourth-order valence-electron chi connectivity index (χ4n) is 2.72. The summed E-state index contributed by atoms with van der Waals surface area (Å²) in [6.45, 7) is 0.0483. The van der Waals surface area contributed by atoms with Crippen molar-refractivity contribution in [2.75, 3.05) is 24.4 Å². The van der Waals surface area contributed by atoms with E-state index in [9.17, 15) is 10.4 Å². The summed E-state index contributed by atoms with van der Waals surface area (Å²) in [6.07, 6.45) is 0. The van der Waals surface area contributed by atoms with E-state index < -0.39 is 0 Å². The van der Waals surface area contributed by atoms with Gasteiger partial charge in [-0.3, -0.25) is 0 Å². The van der Waals surface area contributed by atoms with Crippen molar-refractivity contribution in [3.8, 4) is 11.8 Å². The average Bonchev–Trinajstić information content (AvgIpc) is 3.07. The molecule has 0 spiro atoms. The zero-order valence-corrected chi connectivity index (χ0v) is 14.2. The third-order valence-corrected chi connectivity index (χ3v) is 5.17. The SMILES string of the molecule is COc1ccc(/C(C#N)=C2\SCC(CO)N2c2ccccc2)cc1. The fourth-order valence-corrected chi connectivity index (χ4v) is 4.03. The van der Waals surface area contributed by atoms with Crippen LogP contribution < -0.4 is 9.64 Å². The van der Waals surface area contributed by atoms with Gasteiger partial charge in [0.05, 0.1) is 30.4 Å². The molecule has 1 unspecified atom stereocenters. The number of benzene rings is 2. The maximum Gasteiger partial charge on any atom is 0.118 e. The molecule has 24 heavy (non-hydrogen) atoms. The second-order valence-electron chi connectivity index (χ2n) is 5.37. The first kappa shape index (κ1) is 16.4. The molecule has 4 nitrogen and oxygen atoms in total. The zero-order chi connectivity index (χ0) is 16.9. The van der Waals surface area contributed by atoms with Gasteiger partial charge in [-0.15, -0.1) is 11.8 Å². The van der Waals surface area contributed by atoms with Crippen LogP contribution in [-0.4, -0.2) is 30.6 Å². The molecule has 1 aliphatic rings. The van der Waals surface area contributed by atoms with E-state index in [1.54, 1.807) is 18.9 Å². The number of thioether (sulfide) groups is 1. The minimum atomic E-state index is -0.0333. The van der Waals surface area contributed by atoms with Gasteiger partial charge in [0, 0.05) is 11.4 Å². The van der Waals surface area contributed by atoms with Crippen LogP contribution in [0.3, 0.4) is 0 Å². The lowest BCUT2D eigenvalue weighted by Gasteiger charge is -2.26. The molecule has 0 aliphatic carbocycles. The Labute approximate surface area is 146 Å². The first-order chi connectivity index (χ1) is 11.8. The molecule has 2 aromatic carbocycles. The van der Waals surface area contributed by atoms with Crippen LogP contribution in [0.4, 0.5) is 5.69 Å². The lowest BCUT2D eigenvalue weighted by Crippen LogP contribution is -2.33. The number of rotatable bonds is 4. The second-order valence-corrected chi connectivity index (χ2v) is 6.38. The van der Waals surface area contributed by atoms with E-state index in [1.165, 1.54) is 0 Å². The monoisotopic (exact) mass is 338 g/mol. The molecule has 0 aromatic heterocycles. The average molecular weight is 338 g/mol.